The molecule has 192 valence electrons. The minimum Gasteiger partial charge on any atom is -0.507 e. The molecule has 4 rings (SSSR count). The Balaban J connectivity index is 1.73. The van der Waals surface area contributed by atoms with Crippen LogP contribution in [-0.4, -0.2) is 40.0 Å². The summed E-state index contributed by atoms with van der Waals surface area (Å²) in [6.45, 7) is 6.64. The first-order valence-corrected chi connectivity index (χ1v) is 12.4. The van der Waals surface area contributed by atoms with Gasteiger partial charge in [-0.3, -0.25) is 9.59 Å². The molecule has 7 heteroatoms. The van der Waals surface area contributed by atoms with E-state index in [1.165, 1.54) is 11.0 Å². The molecule has 3 aromatic rings. The molecule has 3 aromatic carbocycles. The number of benzene rings is 3. The van der Waals surface area contributed by atoms with Crippen LogP contribution in [0, 0.1) is 6.92 Å². The third kappa shape index (κ3) is 5.31. The summed E-state index contributed by atoms with van der Waals surface area (Å²) in [5.41, 5.74) is 2.79. The molecule has 2 N–H and O–H groups in total. The van der Waals surface area contributed by atoms with Gasteiger partial charge in [-0.2, -0.15) is 0 Å². The summed E-state index contributed by atoms with van der Waals surface area (Å²) in [5, 5.41) is 21.5. The zero-order valence-electron chi connectivity index (χ0n) is 21.2. The molecule has 0 aliphatic carbocycles. The molecule has 1 atom stereocenters. The van der Waals surface area contributed by atoms with Crippen LogP contribution in [0.5, 0.6) is 17.2 Å². The summed E-state index contributed by atoms with van der Waals surface area (Å²) in [7, 11) is 0. The number of phenolic OH excluding ortho intramolecular Hbond substituents is 1. The summed E-state index contributed by atoms with van der Waals surface area (Å²) in [4.78, 5) is 27.6. The van der Waals surface area contributed by atoms with Gasteiger partial charge in [0, 0.05) is 12.1 Å². The average molecular weight is 502 g/mol. The Labute approximate surface area is 216 Å². The van der Waals surface area contributed by atoms with E-state index in [0.717, 1.165) is 11.1 Å². The first-order valence-electron chi connectivity index (χ1n) is 12.4. The lowest BCUT2D eigenvalue weighted by Gasteiger charge is -2.25. The highest BCUT2D eigenvalue weighted by molar-refractivity contribution is 6.46. The van der Waals surface area contributed by atoms with Crippen LogP contribution in [0.3, 0.4) is 0 Å². The fraction of sp³-hybridized carbons (Fsp3) is 0.267. The van der Waals surface area contributed by atoms with E-state index < -0.39 is 17.7 Å². The highest BCUT2D eigenvalue weighted by Crippen LogP contribution is 2.42. The van der Waals surface area contributed by atoms with Gasteiger partial charge in [-0.15, -0.1) is 0 Å². The number of ether oxygens (including phenoxy) is 2. The van der Waals surface area contributed by atoms with E-state index in [-0.39, 0.29) is 22.8 Å². The first-order chi connectivity index (χ1) is 17.8. The SMILES string of the molecule is CCCN1C(=O)C(=O)/C(=C(\O)c2ccc(OCc3ccccc3)c(C)c2)C1c1ccc(O)c(OCC)c1. The maximum atomic E-state index is 13.2. The summed E-state index contributed by atoms with van der Waals surface area (Å²) in [6.07, 6.45) is 0.631. The van der Waals surface area contributed by atoms with Gasteiger partial charge in [0.25, 0.3) is 11.7 Å². The van der Waals surface area contributed by atoms with E-state index in [1.807, 2.05) is 44.2 Å². The van der Waals surface area contributed by atoms with Gasteiger partial charge in [0.2, 0.25) is 0 Å². The third-order valence-electron chi connectivity index (χ3n) is 6.29. The van der Waals surface area contributed by atoms with E-state index in [4.69, 9.17) is 9.47 Å². The monoisotopic (exact) mass is 501 g/mol. The standard InChI is InChI=1S/C30H31NO6/c1-4-15-31-27(21-11-13-23(32)25(17-21)36-5-2)26(29(34)30(31)35)28(33)22-12-14-24(19(3)16-22)37-18-20-9-7-6-8-10-20/h6-14,16-17,27,32-33H,4-5,15,18H2,1-3H3/b28-26-. The quantitative estimate of drug-likeness (QED) is 0.228. The number of hydrogen-bond donors (Lipinski definition) is 2. The molecule has 0 bridgehead atoms. The number of nitrogens with zero attached hydrogens (tertiary/aromatic N) is 1. The third-order valence-corrected chi connectivity index (χ3v) is 6.29. The summed E-state index contributed by atoms with van der Waals surface area (Å²) < 4.78 is 11.5. The molecular weight excluding hydrogens is 470 g/mol. The Morgan fingerprint density at radius 1 is 0.946 bits per heavy atom. The molecule has 0 aromatic heterocycles. The second-order valence-electron chi connectivity index (χ2n) is 8.91. The number of phenols is 1. The van der Waals surface area contributed by atoms with Crippen molar-refractivity contribution >= 4 is 17.4 Å². The number of ketones is 1. The number of aryl methyl sites for hydroxylation is 1. The number of hydrogen-bond acceptors (Lipinski definition) is 6. The minimum atomic E-state index is -0.811. The van der Waals surface area contributed by atoms with Gasteiger partial charge in [0.15, 0.2) is 11.5 Å². The van der Waals surface area contributed by atoms with Gasteiger partial charge < -0.3 is 24.6 Å². The van der Waals surface area contributed by atoms with Crippen molar-refractivity contribution in [3.8, 4) is 17.2 Å². The molecule has 1 heterocycles. The fourth-order valence-corrected chi connectivity index (χ4v) is 4.52. The average Bonchev–Trinajstić information content (AvgIpc) is 3.15. The van der Waals surface area contributed by atoms with Gasteiger partial charge in [-0.05, 0) is 67.3 Å². The molecule has 1 aliphatic rings. The van der Waals surface area contributed by atoms with Crippen molar-refractivity contribution in [3.63, 3.8) is 0 Å². The number of likely N-dealkylation sites (tertiary alicyclic amines) is 1. The molecule has 1 saturated heterocycles. The van der Waals surface area contributed by atoms with Crippen molar-refractivity contribution in [1.29, 1.82) is 0 Å². The molecule has 7 nitrogen and oxygen atoms in total. The van der Waals surface area contributed by atoms with Crippen LogP contribution in [0.15, 0.2) is 72.3 Å². The first kappa shape index (κ1) is 25.8. The molecule has 37 heavy (non-hydrogen) atoms. The Morgan fingerprint density at radius 2 is 1.70 bits per heavy atom. The number of aliphatic hydroxyl groups excluding tert-OH is 1. The van der Waals surface area contributed by atoms with Crippen molar-refractivity contribution < 1.29 is 29.3 Å². The number of carbonyl (C=O) groups is 2. The van der Waals surface area contributed by atoms with Crippen molar-refractivity contribution in [2.24, 2.45) is 0 Å². The normalized spacial score (nSPS) is 16.7. The topological polar surface area (TPSA) is 96.3 Å². The Hall–Kier alpha value is -4.26. The lowest BCUT2D eigenvalue weighted by atomic mass is 9.94. The van der Waals surface area contributed by atoms with Crippen molar-refractivity contribution in [2.75, 3.05) is 13.2 Å². The van der Waals surface area contributed by atoms with Crippen LogP contribution in [-0.2, 0) is 16.2 Å². The smallest absolute Gasteiger partial charge is 0.295 e. The molecule has 0 radical (unpaired) electrons. The van der Waals surface area contributed by atoms with Gasteiger partial charge >= 0.3 is 0 Å². The van der Waals surface area contributed by atoms with Gasteiger partial charge in [0.1, 0.15) is 18.1 Å². The Morgan fingerprint density at radius 3 is 2.38 bits per heavy atom. The lowest BCUT2D eigenvalue weighted by Crippen LogP contribution is -2.30. The number of rotatable bonds is 9. The number of carbonyl (C=O) groups excluding carboxylic acids is 2. The van der Waals surface area contributed by atoms with Crippen LogP contribution in [0.2, 0.25) is 0 Å². The predicted molar refractivity (Wildman–Crippen MR) is 141 cm³/mol. The molecule has 0 spiro atoms. The van der Waals surface area contributed by atoms with Crippen molar-refractivity contribution in [1.82, 2.24) is 4.90 Å². The number of amides is 1. The van der Waals surface area contributed by atoms with Crippen LogP contribution < -0.4 is 9.47 Å². The second-order valence-corrected chi connectivity index (χ2v) is 8.91. The van der Waals surface area contributed by atoms with Gasteiger partial charge in [-0.1, -0.05) is 43.3 Å². The predicted octanol–water partition coefficient (Wildman–Crippen LogP) is 5.51. The number of aliphatic hydroxyl groups is 1. The van der Waals surface area contributed by atoms with Crippen LogP contribution in [0.1, 0.15) is 48.6 Å². The van der Waals surface area contributed by atoms with Crippen LogP contribution in [0.25, 0.3) is 5.76 Å². The van der Waals surface area contributed by atoms with Crippen molar-refractivity contribution in [2.45, 2.75) is 39.8 Å². The van der Waals surface area contributed by atoms with Crippen LogP contribution in [0.4, 0.5) is 0 Å². The zero-order chi connectivity index (χ0) is 26.5. The van der Waals surface area contributed by atoms with E-state index in [1.54, 1.807) is 37.3 Å². The van der Waals surface area contributed by atoms with Gasteiger partial charge in [0.05, 0.1) is 18.2 Å². The van der Waals surface area contributed by atoms with E-state index in [9.17, 15) is 19.8 Å². The van der Waals surface area contributed by atoms with E-state index in [0.29, 0.717) is 43.1 Å². The molecule has 1 amide bonds. The fourth-order valence-electron chi connectivity index (χ4n) is 4.52. The second kappa shape index (κ2) is 11.2. The summed E-state index contributed by atoms with van der Waals surface area (Å²) in [5.74, 6) is -0.811. The highest BCUT2D eigenvalue weighted by atomic mass is 16.5. The van der Waals surface area contributed by atoms with Gasteiger partial charge in [-0.25, -0.2) is 0 Å². The minimum absolute atomic E-state index is 0.00365. The number of aromatic hydroxyl groups is 1. The largest absolute Gasteiger partial charge is 0.507 e. The Bertz CT molecular complexity index is 1330. The number of Topliss-reactive ketones (excluding diaryl/α,β-unsaturated/α-hetero) is 1. The zero-order valence-corrected chi connectivity index (χ0v) is 21.2. The van der Waals surface area contributed by atoms with Crippen molar-refractivity contribution in [3.05, 3.63) is 94.6 Å². The van der Waals surface area contributed by atoms with Crippen LogP contribution >= 0.6 is 0 Å². The molecule has 1 unspecified atom stereocenters. The molecular formula is C30H31NO6. The maximum absolute atomic E-state index is 13.2. The molecule has 1 aliphatic heterocycles. The van der Waals surface area contributed by atoms with E-state index in [2.05, 4.69) is 0 Å². The van der Waals surface area contributed by atoms with E-state index >= 15 is 0 Å². The Kier molecular flexibility index (Phi) is 7.82. The molecule has 1 fully saturated rings. The summed E-state index contributed by atoms with van der Waals surface area (Å²) in [6, 6.07) is 18.9. The maximum Gasteiger partial charge on any atom is 0.295 e. The highest BCUT2D eigenvalue weighted by Gasteiger charge is 2.45. The molecule has 0 saturated carbocycles. The summed E-state index contributed by atoms with van der Waals surface area (Å²) >= 11 is 0. The lowest BCUT2D eigenvalue weighted by molar-refractivity contribution is -0.139.